The lowest BCUT2D eigenvalue weighted by Gasteiger charge is -2.15. The van der Waals surface area contributed by atoms with E-state index in [1.807, 2.05) is 47.0 Å². The Hall–Kier alpha value is -7.64. The van der Waals surface area contributed by atoms with Crippen molar-refractivity contribution in [3.05, 3.63) is 130 Å². The molecule has 5 aromatic carbocycles. The number of nitriles is 5. The number of nitrogens with zero attached hydrogens (tertiary/aromatic N) is 9. The van der Waals surface area contributed by atoms with Gasteiger partial charge in [-0.25, -0.2) is 15.0 Å². The Labute approximate surface area is 281 Å². The molecule has 0 unspecified atom stereocenters. The van der Waals surface area contributed by atoms with Gasteiger partial charge >= 0.3 is 0 Å². The van der Waals surface area contributed by atoms with Gasteiger partial charge in [-0.05, 0) is 90.7 Å². The van der Waals surface area contributed by atoms with Crippen LogP contribution in [0.3, 0.4) is 0 Å². The summed E-state index contributed by atoms with van der Waals surface area (Å²) in [7, 11) is 0. The van der Waals surface area contributed by atoms with Crippen LogP contribution in [-0.4, -0.2) is 19.5 Å². The molecule has 2 heterocycles. The Morgan fingerprint density at radius 1 is 0.469 bits per heavy atom. The SMILES string of the molecule is Cc1nc(C)nc(-c2ccc(C#N)cc2-n2c3cc(-c4ccc(C#N)cc4C#N)ccc3c3ccc(-c4ccc(C#N)cc4C#N)cc32)n1. The van der Waals surface area contributed by atoms with Crippen LogP contribution in [0.15, 0.2) is 91.0 Å². The summed E-state index contributed by atoms with van der Waals surface area (Å²) in [5, 5.41) is 50.7. The van der Waals surface area contributed by atoms with Gasteiger partial charge in [0.05, 0.1) is 74.9 Å². The van der Waals surface area contributed by atoms with Crippen molar-refractivity contribution in [2.75, 3.05) is 0 Å². The fraction of sp³-hybridized carbons (Fsp3) is 0.0500. The van der Waals surface area contributed by atoms with Crippen LogP contribution in [0.4, 0.5) is 0 Å². The first kappa shape index (κ1) is 30.0. The van der Waals surface area contributed by atoms with E-state index in [9.17, 15) is 26.3 Å². The summed E-state index contributed by atoms with van der Waals surface area (Å²) >= 11 is 0. The van der Waals surface area contributed by atoms with Crippen molar-refractivity contribution >= 4 is 21.8 Å². The van der Waals surface area contributed by atoms with Crippen molar-refractivity contribution in [3.63, 3.8) is 0 Å². The lowest BCUT2D eigenvalue weighted by Crippen LogP contribution is -2.04. The van der Waals surface area contributed by atoms with Gasteiger partial charge in [0.1, 0.15) is 11.6 Å². The quantitative estimate of drug-likeness (QED) is 0.190. The minimum Gasteiger partial charge on any atom is -0.308 e. The Morgan fingerprint density at radius 3 is 1.37 bits per heavy atom. The number of rotatable bonds is 4. The van der Waals surface area contributed by atoms with Crippen molar-refractivity contribution < 1.29 is 0 Å². The van der Waals surface area contributed by atoms with E-state index in [-0.39, 0.29) is 0 Å². The molecule has 7 aromatic rings. The summed E-state index contributed by atoms with van der Waals surface area (Å²) in [6.07, 6.45) is 0. The van der Waals surface area contributed by atoms with Crippen molar-refractivity contribution in [2.45, 2.75) is 13.8 Å². The maximum atomic E-state index is 10.0. The van der Waals surface area contributed by atoms with E-state index in [1.165, 1.54) is 0 Å². The fourth-order valence-electron chi connectivity index (χ4n) is 6.24. The van der Waals surface area contributed by atoms with Gasteiger partial charge in [0.2, 0.25) is 0 Å². The third kappa shape index (κ3) is 5.15. The van der Waals surface area contributed by atoms with Crippen LogP contribution in [0.1, 0.15) is 39.5 Å². The number of hydrogen-bond donors (Lipinski definition) is 0. The van der Waals surface area contributed by atoms with Crippen LogP contribution < -0.4 is 0 Å². The van der Waals surface area contributed by atoms with Gasteiger partial charge in [-0.2, -0.15) is 26.3 Å². The van der Waals surface area contributed by atoms with Crippen LogP contribution >= 0.6 is 0 Å². The largest absolute Gasteiger partial charge is 0.308 e. The lowest BCUT2D eigenvalue weighted by molar-refractivity contribution is 0.926. The van der Waals surface area contributed by atoms with E-state index < -0.39 is 0 Å². The van der Waals surface area contributed by atoms with Gasteiger partial charge in [0, 0.05) is 16.3 Å². The number of aromatic nitrogens is 4. The minimum absolute atomic E-state index is 0.372. The van der Waals surface area contributed by atoms with Crippen LogP contribution in [0.2, 0.25) is 0 Å². The molecule has 0 fully saturated rings. The zero-order valence-electron chi connectivity index (χ0n) is 26.2. The summed E-state index contributed by atoms with van der Waals surface area (Å²) < 4.78 is 2.05. The van der Waals surface area contributed by atoms with E-state index in [0.29, 0.717) is 67.7 Å². The van der Waals surface area contributed by atoms with E-state index in [1.54, 1.807) is 62.4 Å². The van der Waals surface area contributed by atoms with Crippen LogP contribution in [0, 0.1) is 70.5 Å². The van der Waals surface area contributed by atoms with Crippen LogP contribution in [-0.2, 0) is 0 Å². The molecular weight excluding hydrogens is 607 g/mol. The van der Waals surface area contributed by atoms with E-state index in [4.69, 9.17) is 0 Å². The van der Waals surface area contributed by atoms with Gasteiger partial charge in [-0.15, -0.1) is 0 Å². The molecule has 0 N–H and O–H groups in total. The second-order valence-corrected chi connectivity index (χ2v) is 11.4. The first-order valence-corrected chi connectivity index (χ1v) is 15.1. The molecule has 0 aliphatic rings. The first-order chi connectivity index (χ1) is 23.8. The maximum absolute atomic E-state index is 10.0. The van der Waals surface area contributed by atoms with Gasteiger partial charge in [0.15, 0.2) is 5.82 Å². The van der Waals surface area contributed by atoms with E-state index in [0.717, 1.165) is 32.9 Å². The smallest absolute Gasteiger partial charge is 0.165 e. The average molecular weight is 628 g/mol. The zero-order valence-corrected chi connectivity index (χ0v) is 26.2. The zero-order chi connectivity index (χ0) is 34.2. The van der Waals surface area contributed by atoms with E-state index >= 15 is 0 Å². The molecular formula is C40H21N9. The molecule has 7 rings (SSSR count). The fourth-order valence-corrected chi connectivity index (χ4v) is 6.24. The number of benzene rings is 5. The molecule has 0 saturated heterocycles. The molecule has 0 atom stereocenters. The number of hydrogen-bond acceptors (Lipinski definition) is 8. The summed E-state index contributed by atoms with van der Waals surface area (Å²) in [6.45, 7) is 3.60. The lowest BCUT2D eigenvalue weighted by atomic mass is 9.96. The predicted octanol–water partition coefficient (Wildman–Crippen LogP) is 7.94. The Balaban J connectivity index is 1.60. The predicted molar refractivity (Wildman–Crippen MR) is 184 cm³/mol. The second-order valence-electron chi connectivity index (χ2n) is 11.4. The highest BCUT2D eigenvalue weighted by Gasteiger charge is 2.21. The Kier molecular flexibility index (Phi) is 7.32. The molecule has 226 valence electrons. The molecule has 0 bridgehead atoms. The normalized spacial score (nSPS) is 10.6. The highest BCUT2D eigenvalue weighted by atomic mass is 15.0. The van der Waals surface area contributed by atoms with Gasteiger partial charge in [-0.1, -0.05) is 36.4 Å². The average Bonchev–Trinajstić information content (AvgIpc) is 3.46. The molecule has 0 aliphatic heterocycles. The molecule has 0 amide bonds. The Morgan fingerprint density at radius 2 is 0.918 bits per heavy atom. The molecule has 0 aliphatic carbocycles. The molecule has 0 spiro atoms. The van der Waals surface area contributed by atoms with E-state index in [2.05, 4.69) is 45.3 Å². The monoisotopic (exact) mass is 627 g/mol. The molecule has 49 heavy (non-hydrogen) atoms. The van der Waals surface area contributed by atoms with Crippen molar-refractivity contribution in [3.8, 4) is 69.7 Å². The first-order valence-electron chi connectivity index (χ1n) is 15.1. The molecule has 0 saturated carbocycles. The minimum atomic E-state index is 0.372. The summed E-state index contributed by atoms with van der Waals surface area (Å²) in [4.78, 5) is 13.7. The number of fused-ring (bicyclic) bond motifs is 3. The van der Waals surface area contributed by atoms with Gasteiger partial charge in [0.25, 0.3) is 0 Å². The topological polar surface area (TPSA) is 163 Å². The van der Waals surface area contributed by atoms with Crippen LogP contribution in [0.5, 0.6) is 0 Å². The standard InChI is InChI=1S/C40H21N9/c1-23-46-24(2)48-40(47-23)36-10-5-27(20-43)15-37(36)49-38-16-28(32-8-3-25(18-41)13-30(32)21-44)6-11-34(38)35-12-7-29(17-39(35)49)33-9-4-26(19-42)14-31(33)22-45/h3-17H,1-2H3. The second kappa shape index (κ2) is 11.9. The van der Waals surface area contributed by atoms with Gasteiger partial charge < -0.3 is 4.57 Å². The highest BCUT2D eigenvalue weighted by Crippen LogP contribution is 2.40. The number of aryl methyl sites for hydroxylation is 2. The van der Waals surface area contributed by atoms with Crippen LogP contribution in [0.25, 0.3) is 61.1 Å². The van der Waals surface area contributed by atoms with Gasteiger partial charge in [-0.3, -0.25) is 0 Å². The maximum Gasteiger partial charge on any atom is 0.165 e. The summed E-state index contributed by atoms with van der Waals surface area (Å²) in [5.74, 6) is 1.56. The summed E-state index contributed by atoms with van der Waals surface area (Å²) in [5.41, 5.74) is 7.74. The molecule has 9 heteroatoms. The Bertz CT molecular complexity index is 2600. The molecule has 2 aromatic heterocycles. The summed E-state index contributed by atoms with van der Waals surface area (Å²) in [6, 6.07) is 38.2. The molecule has 0 radical (unpaired) electrons. The highest BCUT2D eigenvalue weighted by molar-refractivity contribution is 6.11. The third-order valence-electron chi connectivity index (χ3n) is 8.40. The molecule has 9 nitrogen and oxygen atoms in total. The van der Waals surface area contributed by atoms with Crippen molar-refractivity contribution in [2.24, 2.45) is 0 Å². The van der Waals surface area contributed by atoms with Crippen molar-refractivity contribution in [1.29, 1.82) is 26.3 Å². The third-order valence-corrected chi connectivity index (χ3v) is 8.40. The van der Waals surface area contributed by atoms with Crippen molar-refractivity contribution in [1.82, 2.24) is 19.5 Å².